The van der Waals surface area contributed by atoms with E-state index < -0.39 is 5.82 Å². The van der Waals surface area contributed by atoms with Crippen LogP contribution in [-0.2, 0) is 4.74 Å². The molecule has 7 nitrogen and oxygen atoms in total. The van der Waals surface area contributed by atoms with E-state index in [0.717, 1.165) is 12.2 Å². The summed E-state index contributed by atoms with van der Waals surface area (Å²) in [5.41, 5.74) is 0.662. The molecule has 0 spiro atoms. The average molecular weight is 317 g/mol. The van der Waals surface area contributed by atoms with Gasteiger partial charge in [0.25, 0.3) is 6.01 Å². The zero-order chi connectivity index (χ0) is 15.8. The molecule has 1 aromatic carbocycles. The van der Waals surface area contributed by atoms with E-state index in [-0.39, 0.29) is 17.6 Å². The summed E-state index contributed by atoms with van der Waals surface area (Å²) in [5, 5.41) is 10.1. The smallest absolute Gasteiger partial charge is 0.295 e. The lowest BCUT2D eigenvalue weighted by atomic mass is 10.0. The molecule has 2 N–H and O–H groups in total. The Labute approximate surface area is 131 Å². The van der Waals surface area contributed by atoms with Gasteiger partial charge in [-0.05, 0) is 25.5 Å². The zero-order valence-corrected chi connectivity index (χ0v) is 12.5. The van der Waals surface area contributed by atoms with Gasteiger partial charge in [0.2, 0.25) is 0 Å². The molecule has 23 heavy (non-hydrogen) atoms. The number of halogens is 1. The fraction of sp³-hybridized carbons (Fsp3) is 0.400. The Morgan fingerprint density at radius 3 is 3.09 bits per heavy atom. The van der Waals surface area contributed by atoms with Gasteiger partial charge in [-0.1, -0.05) is 6.07 Å². The van der Waals surface area contributed by atoms with E-state index in [1.165, 1.54) is 6.07 Å². The number of hydrogen-bond acceptors (Lipinski definition) is 6. The lowest BCUT2D eigenvalue weighted by Gasteiger charge is -2.15. The van der Waals surface area contributed by atoms with Crippen molar-refractivity contribution < 1.29 is 13.5 Å². The van der Waals surface area contributed by atoms with Crippen molar-refractivity contribution >= 4 is 17.1 Å². The van der Waals surface area contributed by atoms with Gasteiger partial charge in [-0.25, -0.2) is 9.37 Å². The number of aromatic nitrogens is 4. The third kappa shape index (κ3) is 2.65. The lowest BCUT2D eigenvalue weighted by molar-refractivity contribution is 0.0863. The summed E-state index contributed by atoms with van der Waals surface area (Å²) in [4.78, 5) is 8.58. The molecule has 8 heteroatoms. The number of benzene rings is 1. The van der Waals surface area contributed by atoms with Crippen LogP contribution >= 0.6 is 0 Å². The minimum atomic E-state index is -0.415. The van der Waals surface area contributed by atoms with Crippen LogP contribution < -0.4 is 5.32 Å². The summed E-state index contributed by atoms with van der Waals surface area (Å²) >= 11 is 0. The molecule has 120 valence electrons. The van der Waals surface area contributed by atoms with E-state index in [4.69, 9.17) is 9.15 Å². The number of nitrogens with one attached hydrogen (secondary N) is 2. The molecular weight excluding hydrogens is 301 g/mol. The number of para-hydroxylation sites is 1. The third-order valence-corrected chi connectivity index (χ3v) is 3.97. The van der Waals surface area contributed by atoms with E-state index in [0.29, 0.717) is 30.5 Å². The average Bonchev–Trinajstić information content (AvgIpc) is 3.23. The van der Waals surface area contributed by atoms with E-state index in [2.05, 4.69) is 25.5 Å². The quantitative estimate of drug-likeness (QED) is 0.769. The number of aryl methyl sites for hydroxylation is 1. The molecule has 3 aromatic rings. The highest BCUT2D eigenvalue weighted by Gasteiger charge is 2.32. The van der Waals surface area contributed by atoms with Gasteiger partial charge < -0.3 is 14.5 Å². The fourth-order valence-electron chi connectivity index (χ4n) is 2.82. The second-order valence-corrected chi connectivity index (χ2v) is 5.61. The number of ether oxygens (including phenoxy) is 1. The van der Waals surface area contributed by atoms with Crippen molar-refractivity contribution in [3.63, 3.8) is 0 Å². The molecular formula is C15H16FN5O2. The molecule has 0 saturated carbocycles. The Bertz CT molecular complexity index is 830. The summed E-state index contributed by atoms with van der Waals surface area (Å²) < 4.78 is 24.8. The number of anilines is 1. The van der Waals surface area contributed by atoms with E-state index in [1.807, 2.05) is 6.92 Å². The number of H-pyrrole nitrogens is 1. The predicted molar refractivity (Wildman–Crippen MR) is 80.4 cm³/mol. The molecule has 0 unspecified atom stereocenters. The fourth-order valence-corrected chi connectivity index (χ4v) is 2.82. The Balaban J connectivity index is 1.48. The molecule has 1 saturated heterocycles. The maximum atomic E-state index is 13.6. The van der Waals surface area contributed by atoms with Gasteiger partial charge in [-0.15, -0.1) is 0 Å². The van der Waals surface area contributed by atoms with Gasteiger partial charge in [0, 0.05) is 19.1 Å². The SMILES string of the molecule is Cc1nc([C@H]2OCC[C@H]2CNc2nc3cccc(F)c3o2)n[nH]1. The van der Waals surface area contributed by atoms with Gasteiger partial charge in [0.15, 0.2) is 17.2 Å². The number of hydrogen-bond donors (Lipinski definition) is 2. The van der Waals surface area contributed by atoms with Crippen LogP contribution in [0.4, 0.5) is 10.4 Å². The van der Waals surface area contributed by atoms with E-state index in [9.17, 15) is 4.39 Å². The minimum absolute atomic E-state index is 0.159. The van der Waals surface area contributed by atoms with Crippen molar-refractivity contribution in [3.8, 4) is 0 Å². The summed E-state index contributed by atoms with van der Waals surface area (Å²) in [6.45, 7) is 3.10. The topological polar surface area (TPSA) is 88.9 Å². The summed E-state index contributed by atoms with van der Waals surface area (Å²) in [6.07, 6.45) is 0.730. The normalized spacial score (nSPS) is 21.1. The van der Waals surface area contributed by atoms with Gasteiger partial charge in [-0.2, -0.15) is 10.1 Å². The van der Waals surface area contributed by atoms with Crippen molar-refractivity contribution in [1.29, 1.82) is 0 Å². The van der Waals surface area contributed by atoms with E-state index in [1.54, 1.807) is 12.1 Å². The van der Waals surface area contributed by atoms with Crippen molar-refractivity contribution in [3.05, 3.63) is 35.7 Å². The molecule has 0 aliphatic carbocycles. The maximum absolute atomic E-state index is 13.6. The number of fused-ring (bicyclic) bond motifs is 1. The van der Waals surface area contributed by atoms with Gasteiger partial charge >= 0.3 is 0 Å². The predicted octanol–water partition coefficient (Wildman–Crippen LogP) is 2.58. The number of aromatic amines is 1. The standard InChI is InChI=1S/C15H16FN5O2/c1-8-18-14(21-20-8)12-9(5-6-22-12)7-17-15-19-11-4-2-3-10(16)13(11)23-15/h2-4,9,12H,5-7H2,1H3,(H,17,19)(H,18,20,21)/t9-,12-/m0/s1. The molecule has 0 radical (unpaired) electrons. The van der Waals surface area contributed by atoms with Gasteiger partial charge in [-0.3, -0.25) is 5.10 Å². The molecule has 0 amide bonds. The Kier molecular flexibility index (Phi) is 3.45. The second-order valence-electron chi connectivity index (χ2n) is 5.61. The van der Waals surface area contributed by atoms with Gasteiger partial charge in [0.05, 0.1) is 0 Å². The Morgan fingerprint density at radius 1 is 1.39 bits per heavy atom. The number of rotatable bonds is 4. The largest absolute Gasteiger partial charge is 0.420 e. The highest BCUT2D eigenvalue weighted by Crippen LogP contribution is 2.33. The highest BCUT2D eigenvalue weighted by molar-refractivity contribution is 5.74. The molecule has 1 aliphatic rings. The van der Waals surface area contributed by atoms with Crippen LogP contribution in [0, 0.1) is 18.7 Å². The molecule has 2 atom stereocenters. The van der Waals surface area contributed by atoms with Crippen molar-refractivity contribution in [2.45, 2.75) is 19.4 Å². The second kappa shape index (κ2) is 5.62. The lowest BCUT2D eigenvalue weighted by Crippen LogP contribution is -2.19. The first-order valence-electron chi connectivity index (χ1n) is 7.50. The number of nitrogens with zero attached hydrogens (tertiary/aromatic N) is 3. The Hall–Kier alpha value is -2.48. The molecule has 1 aliphatic heterocycles. The summed E-state index contributed by atoms with van der Waals surface area (Å²) in [6, 6.07) is 4.98. The van der Waals surface area contributed by atoms with Crippen LogP contribution in [0.15, 0.2) is 22.6 Å². The maximum Gasteiger partial charge on any atom is 0.295 e. The van der Waals surface area contributed by atoms with Crippen molar-refractivity contribution in [2.24, 2.45) is 5.92 Å². The first-order chi connectivity index (χ1) is 11.2. The summed E-state index contributed by atoms with van der Waals surface area (Å²) in [5.74, 6) is 1.21. The molecule has 4 rings (SSSR count). The van der Waals surface area contributed by atoms with E-state index >= 15 is 0 Å². The zero-order valence-electron chi connectivity index (χ0n) is 12.5. The molecule has 0 bridgehead atoms. The summed E-state index contributed by atoms with van der Waals surface area (Å²) in [7, 11) is 0. The van der Waals surface area contributed by atoms with Crippen molar-refractivity contribution in [2.75, 3.05) is 18.5 Å². The van der Waals surface area contributed by atoms with Crippen molar-refractivity contribution in [1.82, 2.24) is 20.2 Å². The minimum Gasteiger partial charge on any atom is -0.420 e. The highest BCUT2D eigenvalue weighted by atomic mass is 19.1. The molecule has 2 aromatic heterocycles. The van der Waals surface area contributed by atoms with Crippen LogP contribution in [0.3, 0.4) is 0 Å². The van der Waals surface area contributed by atoms with Crippen LogP contribution in [0.25, 0.3) is 11.1 Å². The molecule has 1 fully saturated rings. The van der Waals surface area contributed by atoms with Crippen LogP contribution in [-0.4, -0.2) is 33.3 Å². The number of oxazole rings is 1. The van der Waals surface area contributed by atoms with Crippen LogP contribution in [0.2, 0.25) is 0 Å². The van der Waals surface area contributed by atoms with Crippen LogP contribution in [0.5, 0.6) is 0 Å². The molecule has 3 heterocycles. The van der Waals surface area contributed by atoms with Crippen LogP contribution in [0.1, 0.15) is 24.2 Å². The third-order valence-electron chi connectivity index (χ3n) is 3.97. The first-order valence-corrected chi connectivity index (χ1v) is 7.50. The Morgan fingerprint density at radius 2 is 2.30 bits per heavy atom. The first kappa shape index (κ1) is 14.1. The monoisotopic (exact) mass is 317 g/mol. The van der Waals surface area contributed by atoms with Gasteiger partial charge in [0.1, 0.15) is 17.4 Å².